The molecule has 0 radical (unpaired) electrons. The lowest BCUT2D eigenvalue weighted by molar-refractivity contribution is -0.0503. The van der Waals surface area contributed by atoms with Gasteiger partial charge in [0, 0.05) is 28.7 Å². The summed E-state index contributed by atoms with van der Waals surface area (Å²) >= 11 is 0. The molecule has 0 aliphatic carbocycles. The number of carboxylic acid groups (broad SMARTS) is 1. The molecule has 0 bridgehead atoms. The minimum Gasteiger partial charge on any atom is -0.488 e. The molecule has 5 nitrogen and oxygen atoms in total. The lowest BCUT2D eigenvalue weighted by Gasteiger charge is -2.14. The molecule has 9 heteroatoms. The van der Waals surface area contributed by atoms with Crippen molar-refractivity contribution < 1.29 is 36.9 Å². The molecule has 4 rings (SSSR count). The van der Waals surface area contributed by atoms with Crippen molar-refractivity contribution in [2.24, 2.45) is 0 Å². The minimum absolute atomic E-state index is 0.131. The van der Waals surface area contributed by atoms with Gasteiger partial charge in [0.15, 0.2) is 0 Å². The van der Waals surface area contributed by atoms with E-state index >= 15 is 0 Å². The average molecular weight is 485 g/mol. The van der Waals surface area contributed by atoms with E-state index in [0.717, 1.165) is 11.6 Å². The summed E-state index contributed by atoms with van der Waals surface area (Å²) in [4.78, 5) is 11.6. The maximum atomic E-state index is 14.1. The maximum Gasteiger partial charge on any atom is 0.387 e. The molecule has 0 aliphatic heterocycles. The maximum absolute atomic E-state index is 14.1. The van der Waals surface area contributed by atoms with E-state index in [0.29, 0.717) is 28.3 Å². The minimum atomic E-state index is -3.17. The number of carbonyl (C=O) groups is 1. The predicted molar refractivity (Wildman–Crippen MR) is 120 cm³/mol. The molecule has 0 fully saturated rings. The Morgan fingerprint density at radius 1 is 0.914 bits per heavy atom. The Morgan fingerprint density at radius 3 is 2.29 bits per heavy atom. The van der Waals surface area contributed by atoms with E-state index in [1.54, 1.807) is 35.9 Å². The third-order valence-corrected chi connectivity index (χ3v) is 5.37. The smallest absolute Gasteiger partial charge is 0.387 e. The first kappa shape index (κ1) is 23.9. The second-order valence-corrected chi connectivity index (χ2v) is 7.60. The zero-order valence-corrected chi connectivity index (χ0v) is 18.3. The highest BCUT2D eigenvalue weighted by Crippen LogP contribution is 2.35. The van der Waals surface area contributed by atoms with Gasteiger partial charge in [0.25, 0.3) is 0 Å². The zero-order chi connectivity index (χ0) is 25.1. The van der Waals surface area contributed by atoms with Crippen LogP contribution in [0.25, 0.3) is 16.8 Å². The molecule has 1 N–H and O–H groups in total. The van der Waals surface area contributed by atoms with Crippen molar-refractivity contribution in [3.05, 3.63) is 101 Å². The first-order valence-electron chi connectivity index (χ1n) is 10.4. The Balaban J connectivity index is 1.68. The number of alkyl halides is 2. The molecule has 1 heterocycles. The molecule has 0 amide bonds. The first-order chi connectivity index (χ1) is 16.7. The largest absolute Gasteiger partial charge is 0.488 e. The highest BCUT2D eigenvalue weighted by Gasteiger charge is 2.19. The van der Waals surface area contributed by atoms with Crippen LogP contribution < -0.4 is 9.47 Å². The fourth-order valence-electron chi connectivity index (χ4n) is 3.69. The molecule has 0 atom stereocenters. The number of aromatic nitrogens is 1. The van der Waals surface area contributed by atoms with Crippen LogP contribution in [0.15, 0.2) is 72.9 Å². The van der Waals surface area contributed by atoms with E-state index in [-0.39, 0.29) is 12.4 Å². The molecule has 0 saturated heterocycles. The predicted octanol–water partition coefficient (Wildman–Crippen LogP) is 6.61. The fraction of sp³-hybridized carbons (Fsp3) is 0.115. The van der Waals surface area contributed by atoms with Gasteiger partial charge in [-0.3, -0.25) is 0 Å². The van der Waals surface area contributed by atoms with Crippen molar-refractivity contribution in [1.82, 2.24) is 4.57 Å². The topological polar surface area (TPSA) is 60.7 Å². The summed E-state index contributed by atoms with van der Waals surface area (Å²) in [6.07, 6.45) is 1.65. The van der Waals surface area contributed by atoms with Crippen LogP contribution in [-0.4, -0.2) is 22.3 Å². The van der Waals surface area contributed by atoms with Crippen LogP contribution >= 0.6 is 0 Å². The van der Waals surface area contributed by atoms with Gasteiger partial charge in [0.1, 0.15) is 35.3 Å². The van der Waals surface area contributed by atoms with Crippen LogP contribution in [-0.2, 0) is 6.61 Å². The Labute approximate surface area is 197 Å². The summed E-state index contributed by atoms with van der Waals surface area (Å²) in [6.45, 7) is -1.29. The zero-order valence-electron chi connectivity index (χ0n) is 18.3. The van der Waals surface area contributed by atoms with E-state index in [1.165, 1.54) is 42.5 Å². The summed E-state index contributed by atoms with van der Waals surface area (Å²) in [6, 6.07) is 15.4. The normalized spacial score (nSPS) is 11.0. The molecular weight excluding hydrogens is 466 g/mol. The quantitative estimate of drug-likeness (QED) is 0.285. The van der Waals surface area contributed by atoms with Crippen LogP contribution in [0.5, 0.6) is 11.5 Å². The lowest BCUT2D eigenvalue weighted by Crippen LogP contribution is -2.09. The van der Waals surface area contributed by atoms with Crippen molar-refractivity contribution >= 4 is 5.97 Å². The van der Waals surface area contributed by atoms with E-state index < -0.39 is 29.7 Å². The fourth-order valence-corrected chi connectivity index (χ4v) is 3.69. The standard InChI is InChI=1S/C26H19F4NO4/c1-15-20(10-11-31(15)19-7-9-24(35-26(29)30)22(13-19)25(32)33)21-12-18(28)6-8-23(21)34-14-16-2-4-17(27)5-3-16/h2-13,26H,14H2,1H3,(H,32,33). The molecule has 180 valence electrons. The molecule has 0 saturated carbocycles. The van der Waals surface area contributed by atoms with Gasteiger partial charge in [-0.25, -0.2) is 13.6 Å². The Bertz CT molecular complexity index is 1370. The Hall–Kier alpha value is -4.27. The second kappa shape index (κ2) is 9.92. The van der Waals surface area contributed by atoms with Gasteiger partial charge in [-0.2, -0.15) is 8.78 Å². The van der Waals surface area contributed by atoms with E-state index in [2.05, 4.69) is 4.74 Å². The molecule has 1 aromatic heterocycles. The number of halogens is 4. The van der Waals surface area contributed by atoms with Crippen molar-refractivity contribution in [3.8, 4) is 28.3 Å². The molecule has 35 heavy (non-hydrogen) atoms. The molecule has 0 aliphatic rings. The number of rotatable bonds is 8. The first-order valence-corrected chi connectivity index (χ1v) is 10.4. The van der Waals surface area contributed by atoms with Crippen molar-refractivity contribution in [1.29, 1.82) is 0 Å². The van der Waals surface area contributed by atoms with Crippen LogP contribution in [0.4, 0.5) is 17.6 Å². The van der Waals surface area contributed by atoms with E-state index in [9.17, 15) is 27.5 Å². The van der Waals surface area contributed by atoms with Crippen LogP contribution in [0.3, 0.4) is 0 Å². The van der Waals surface area contributed by atoms with Gasteiger partial charge in [-0.15, -0.1) is 0 Å². The van der Waals surface area contributed by atoms with E-state index in [1.807, 2.05) is 0 Å². The van der Waals surface area contributed by atoms with Gasteiger partial charge in [0.05, 0.1) is 0 Å². The molecule has 4 aromatic rings. The summed E-state index contributed by atoms with van der Waals surface area (Å²) in [5.41, 5.74) is 2.39. The number of ether oxygens (including phenoxy) is 2. The van der Waals surface area contributed by atoms with Crippen molar-refractivity contribution in [2.45, 2.75) is 20.1 Å². The second-order valence-electron chi connectivity index (χ2n) is 7.60. The van der Waals surface area contributed by atoms with Crippen LogP contribution in [0.2, 0.25) is 0 Å². The third kappa shape index (κ3) is 5.29. The molecule has 3 aromatic carbocycles. The lowest BCUT2D eigenvalue weighted by atomic mass is 10.0. The number of hydrogen-bond acceptors (Lipinski definition) is 3. The number of benzene rings is 3. The van der Waals surface area contributed by atoms with Gasteiger partial charge < -0.3 is 19.1 Å². The Kier molecular flexibility index (Phi) is 6.77. The Morgan fingerprint density at radius 2 is 1.60 bits per heavy atom. The number of carboxylic acids is 1. The van der Waals surface area contributed by atoms with Crippen molar-refractivity contribution in [2.75, 3.05) is 0 Å². The molecule has 0 unspecified atom stereocenters. The van der Waals surface area contributed by atoms with Crippen molar-refractivity contribution in [3.63, 3.8) is 0 Å². The average Bonchev–Trinajstić information content (AvgIpc) is 3.20. The highest BCUT2D eigenvalue weighted by molar-refractivity contribution is 5.91. The summed E-state index contributed by atoms with van der Waals surface area (Å²) in [7, 11) is 0. The van der Waals surface area contributed by atoms with Gasteiger partial charge in [0.2, 0.25) is 0 Å². The summed E-state index contributed by atoms with van der Waals surface area (Å²) in [5.74, 6) is -2.34. The van der Waals surface area contributed by atoms with Crippen LogP contribution in [0.1, 0.15) is 21.6 Å². The number of hydrogen-bond donors (Lipinski definition) is 1. The third-order valence-electron chi connectivity index (χ3n) is 5.37. The van der Waals surface area contributed by atoms with Crippen LogP contribution in [0, 0.1) is 18.6 Å². The molecule has 0 spiro atoms. The molecular formula is C26H19F4NO4. The number of nitrogens with zero attached hydrogens (tertiary/aromatic N) is 1. The SMILES string of the molecule is Cc1c(-c2cc(F)ccc2OCc2ccc(F)cc2)ccn1-c1ccc(OC(F)F)c(C(=O)O)c1. The van der Waals surface area contributed by atoms with Gasteiger partial charge >= 0.3 is 12.6 Å². The highest BCUT2D eigenvalue weighted by atomic mass is 19.3. The van der Waals surface area contributed by atoms with Gasteiger partial charge in [-0.05, 0) is 67.1 Å². The monoisotopic (exact) mass is 485 g/mol. The number of aromatic carboxylic acids is 1. The van der Waals surface area contributed by atoms with E-state index in [4.69, 9.17) is 4.74 Å². The summed E-state index contributed by atoms with van der Waals surface area (Å²) < 4.78 is 64.4. The van der Waals surface area contributed by atoms with Gasteiger partial charge in [-0.1, -0.05) is 12.1 Å². The summed E-state index contributed by atoms with van der Waals surface area (Å²) in [5, 5.41) is 9.42.